The number of halogens is 1. The van der Waals surface area contributed by atoms with Gasteiger partial charge in [0.1, 0.15) is 5.75 Å². The lowest BCUT2D eigenvalue weighted by Crippen LogP contribution is -2.29. The van der Waals surface area contributed by atoms with Crippen LogP contribution in [0.25, 0.3) is 0 Å². The SMILES string of the molecule is COc1ccc(CC[C@@H](O)C(C)(C)Br)cc1. The highest BCUT2D eigenvalue weighted by atomic mass is 79.9. The smallest absolute Gasteiger partial charge is 0.118 e. The van der Waals surface area contributed by atoms with E-state index in [4.69, 9.17) is 4.74 Å². The van der Waals surface area contributed by atoms with Gasteiger partial charge >= 0.3 is 0 Å². The van der Waals surface area contributed by atoms with Crippen LogP contribution >= 0.6 is 15.9 Å². The van der Waals surface area contributed by atoms with E-state index < -0.39 is 0 Å². The van der Waals surface area contributed by atoms with Crippen LogP contribution in [0.5, 0.6) is 5.75 Å². The first-order valence-corrected chi connectivity index (χ1v) is 6.22. The van der Waals surface area contributed by atoms with Gasteiger partial charge in [-0.3, -0.25) is 0 Å². The maximum Gasteiger partial charge on any atom is 0.118 e. The fraction of sp³-hybridized carbons (Fsp3) is 0.538. The number of aliphatic hydroxyl groups is 1. The van der Waals surface area contributed by atoms with Crippen LogP contribution in [0.4, 0.5) is 0 Å². The Balaban J connectivity index is 2.48. The van der Waals surface area contributed by atoms with Crippen LogP contribution < -0.4 is 4.74 Å². The Morgan fingerprint density at radius 1 is 1.31 bits per heavy atom. The van der Waals surface area contributed by atoms with E-state index >= 15 is 0 Å². The maximum atomic E-state index is 9.88. The number of benzene rings is 1. The Bertz CT molecular complexity index is 314. The highest BCUT2D eigenvalue weighted by molar-refractivity contribution is 9.10. The number of methoxy groups -OCH3 is 1. The molecule has 0 saturated carbocycles. The quantitative estimate of drug-likeness (QED) is 0.843. The summed E-state index contributed by atoms with van der Waals surface area (Å²) in [6.07, 6.45) is 1.29. The molecule has 0 aliphatic carbocycles. The Labute approximate surface area is 106 Å². The van der Waals surface area contributed by atoms with E-state index in [0.717, 1.165) is 18.6 Å². The maximum absolute atomic E-state index is 9.88. The Hall–Kier alpha value is -0.540. The third-order valence-corrected chi connectivity index (χ3v) is 3.19. The minimum absolute atomic E-state index is 0.223. The van der Waals surface area contributed by atoms with E-state index in [1.165, 1.54) is 5.56 Å². The first kappa shape index (κ1) is 13.5. The van der Waals surface area contributed by atoms with Gasteiger partial charge in [0.2, 0.25) is 0 Å². The van der Waals surface area contributed by atoms with Gasteiger partial charge in [0.05, 0.1) is 13.2 Å². The standard InChI is InChI=1S/C13H19BrO2/c1-13(2,14)12(15)9-6-10-4-7-11(16-3)8-5-10/h4-5,7-8,12,15H,6,9H2,1-3H3/t12-/m1/s1. The molecule has 3 heteroatoms. The lowest BCUT2D eigenvalue weighted by Gasteiger charge is -2.23. The molecule has 1 atom stereocenters. The molecule has 0 aliphatic heterocycles. The first-order valence-electron chi connectivity index (χ1n) is 5.43. The van der Waals surface area contributed by atoms with Crippen molar-refractivity contribution < 1.29 is 9.84 Å². The van der Waals surface area contributed by atoms with Crippen LogP contribution in [-0.2, 0) is 6.42 Å². The summed E-state index contributed by atoms with van der Waals surface area (Å²) in [5.41, 5.74) is 1.22. The molecule has 1 aromatic carbocycles. The van der Waals surface area contributed by atoms with Crippen molar-refractivity contribution in [3.63, 3.8) is 0 Å². The average molecular weight is 287 g/mol. The van der Waals surface area contributed by atoms with Crippen LogP contribution in [0, 0.1) is 0 Å². The molecule has 0 bridgehead atoms. The van der Waals surface area contributed by atoms with Gasteiger partial charge in [-0.05, 0) is 44.4 Å². The van der Waals surface area contributed by atoms with Crippen molar-refractivity contribution in [3.8, 4) is 5.75 Å². The lowest BCUT2D eigenvalue weighted by atomic mass is 9.99. The number of ether oxygens (including phenoxy) is 1. The number of alkyl halides is 1. The molecular weight excluding hydrogens is 268 g/mol. The predicted octanol–water partition coefficient (Wildman–Crippen LogP) is 3.16. The van der Waals surface area contributed by atoms with Crippen LogP contribution in [0.2, 0.25) is 0 Å². The summed E-state index contributed by atoms with van der Waals surface area (Å²) >= 11 is 3.47. The molecule has 90 valence electrons. The monoisotopic (exact) mass is 286 g/mol. The fourth-order valence-corrected chi connectivity index (χ4v) is 1.67. The molecule has 0 spiro atoms. The molecule has 1 N–H and O–H groups in total. The summed E-state index contributed by atoms with van der Waals surface area (Å²) in [6, 6.07) is 7.96. The second-order valence-electron chi connectivity index (χ2n) is 4.47. The van der Waals surface area contributed by atoms with Gasteiger partial charge < -0.3 is 9.84 Å². The van der Waals surface area contributed by atoms with Crippen molar-refractivity contribution in [3.05, 3.63) is 29.8 Å². The molecule has 0 aliphatic rings. The molecule has 2 nitrogen and oxygen atoms in total. The van der Waals surface area contributed by atoms with E-state index in [1.54, 1.807) is 7.11 Å². The number of hydrogen-bond donors (Lipinski definition) is 1. The summed E-state index contributed by atoms with van der Waals surface area (Å²) in [5, 5.41) is 9.88. The molecule has 0 radical (unpaired) electrons. The summed E-state index contributed by atoms with van der Waals surface area (Å²) in [5.74, 6) is 0.866. The van der Waals surface area contributed by atoms with Crippen molar-refractivity contribution in [2.24, 2.45) is 0 Å². The fourth-order valence-electron chi connectivity index (χ4n) is 1.44. The molecule has 1 aromatic rings. The van der Waals surface area contributed by atoms with Gasteiger partial charge in [-0.25, -0.2) is 0 Å². The van der Waals surface area contributed by atoms with Crippen molar-refractivity contribution in [2.75, 3.05) is 7.11 Å². The molecule has 0 fully saturated rings. The normalized spacial score (nSPS) is 13.6. The third-order valence-electron chi connectivity index (χ3n) is 2.66. The highest BCUT2D eigenvalue weighted by Gasteiger charge is 2.23. The highest BCUT2D eigenvalue weighted by Crippen LogP contribution is 2.24. The zero-order valence-corrected chi connectivity index (χ0v) is 11.6. The van der Waals surface area contributed by atoms with Gasteiger partial charge in [-0.15, -0.1) is 0 Å². The molecule has 1 rings (SSSR count). The van der Waals surface area contributed by atoms with Crippen molar-refractivity contribution >= 4 is 15.9 Å². The van der Waals surface area contributed by atoms with Gasteiger partial charge in [-0.2, -0.15) is 0 Å². The molecule has 0 amide bonds. The lowest BCUT2D eigenvalue weighted by molar-refractivity contribution is 0.135. The number of aliphatic hydroxyl groups excluding tert-OH is 1. The van der Waals surface area contributed by atoms with Gasteiger partial charge in [0, 0.05) is 4.32 Å². The van der Waals surface area contributed by atoms with E-state index in [-0.39, 0.29) is 10.4 Å². The van der Waals surface area contributed by atoms with E-state index in [1.807, 2.05) is 38.1 Å². The summed E-state index contributed by atoms with van der Waals surface area (Å²) in [4.78, 5) is 0. The molecule has 0 aromatic heterocycles. The Morgan fingerprint density at radius 3 is 2.31 bits per heavy atom. The molecule has 16 heavy (non-hydrogen) atoms. The minimum atomic E-state index is -0.338. The number of aryl methyl sites for hydroxylation is 1. The van der Waals surface area contributed by atoms with Crippen LogP contribution in [-0.4, -0.2) is 22.6 Å². The van der Waals surface area contributed by atoms with E-state index in [9.17, 15) is 5.11 Å². The molecule has 0 heterocycles. The molecule has 0 unspecified atom stereocenters. The zero-order valence-electron chi connectivity index (χ0n) is 10.0. The second-order valence-corrected chi connectivity index (χ2v) is 6.51. The van der Waals surface area contributed by atoms with Gasteiger partial charge in [0.25, 0.3) is 0 Å². The predicted molar refractivity (Wildman–Crippen MR) is 70.3 cm³/mol. The topological polar surface area (TPSA) is 29.5 Å². The summed E-state index contributed by atoms with van der Waals surface area (Å²) < 4.78 is 4.87. The Morgan fingerprint density at radius 2 is 1.88 bits per heavy atom. The van der Waals surface area contributed by atoms with Crippen molar-refractivity contribution in [2.45, 2.75) is 37.1 Å². The van der Waals surface area contributed by atoms with Crippen LogP contribution in [0.15, 0.2) is 24.3 Å². The first-order chi connectivity index (χ1) is 7.43. The zero-order chi connectivity index (χ0) is 12.2. The number of rotatable bonds is 5. The van der Waals surface area contributed by atoms with Gasteiger partial charge in [-0.1, -0.05) is 28.1 Å². The van der Waals surface area contributed by atoms with Gasteiger partial charge in [0.15, 0.2) is 0 Å². The van der Waals surface area contributed by atoms with Crippen molar-refractivity contribution in [1.29, 1.82) is 0 Å². The summed E-state index contributed by atoms with van der Waals surface area (Å²) in [7, 11) is 1.66. The Kier molecular flexibility index (Phi) is 4.81. The average Bonchev–Trinajstić information content (AvgIpc) is 2.25. The minimum Gasteiger partial charge on any atom is -0.497 e. The largest absolute Gasteiger partial charge is 0.497 e. The summed E-state index contributed by atoms with van der Waals surface area (Å²) in [6.45, 7) is 3.96. The van der Waals surface area contributed by atoms with Crippen LogP contribution in [0.3, 0.4) is 0 Å². The van der Waals surface area contributed by atoms with Crippen molar-refractivity contribution in [1.82, 2.24) is 0 Å². The third kappa shape index (κ3) is 4.14. The number of hydrogen-bond acceptors (Lipinski definition) is 2. The van der Waals surface area contributed by atoms with E-state index in [0.29, 0.717) is 0 Å². The second kappa shape index (κ2) is 5.69. The molecule has 0 saturated heterocycles. The van der Waals surface area contributed by atoms with E-state index in [2.05, 4.69) is 15.9 Å². The van der Waals surface area contributed by atoms with Crippen LogP contribution in [0.1, 0.15) is 25.8 Å². The molecular formula is C13H19BrO2.